The van der Waals surface area contributed by atoms with Gasteiger partial charge in [0, 0.05) is 12.0 Å². The summed E-state index contributed by atoms with van der Waals surface area (Å²) >= 11 is 0. The van der Waals surface area contributed by atoms with Gasteiger partial charge in [-0.05, 0) is 29.5 Å². The van der Waals surface area contributed by atoms with Gasteiger partial charge in [0.1, 0.15) is 0 Å². The van der Waals surface area contributed by atoms with Crippen LogP contribution in [0, 0.1) is 22.9 Å². The second-order valence-corrected chi connectivity index (χ2v) is 5.10. The zero-order valence-corrected chi connectivity index (χ0v) is 9.28. The van der Waals surface area contributed by atoms with E-state index in [0.29, 0.717) is 12.1 Å². The fourth-order valence-corrected chi connectivity index (χ4v) is 2.50. The first-order valence-corrected chi connectivity index (χ1v) is 5.19. The van der Waals surface area contributed by atoms with Crippen LogP contribution >= 0.6 is 0 Å². The molecule has 16 heavy (non-hydrogen) atoms. The molecule has 0 spiro atoms. The van der Waals surface area contributed by atoms with E-state index >= 15 is 0 Å². The molecule has 4 heteroatoms. The Bertz CT molecular complexity index is 419. The molecule has 1 aromatic rings. The van der Waals surface area contributed by atoms with Crippen molar-refractivity contribution in [3.05, 3.63) is 35.1 Å². The molecule has 1 aliphatic carbocycles. The molecule has 0 heterocycles. The maximum Gasteiger partial charge on any atom is 0.194 e. The molecule has 1 atom stereocenters. The largest absolute Gasteiger partial charge is 0.330 e. The minimum absolute atomic E-state index is 0.0849. The summed E-state index contributed by atoms with van der Waals surface area (Å²) in [6.45, 7) is 4.28. The molecule has 0 saturated heterocycles. The Morgan fingerprint density at radius 2 is 1.62 bits per heavy atom. The lowest BCUT2D eigenvalue weighted by atomic mass is 9.88. The number of hydrogen-bond donors (Lipinski definition) is 1. The summed E-state index contributed by atoms with van der Waals surface area (Å²) in [7, 11) is 0. The molecule has 0 aromatic heterocycles. The monoisotopic (exact) mass is 229 g/mol. The molecule has 88 valence electrons. The normalized spacial score (nSPS) is 26.9. The van der Waals surface area contributed by atoms with Crippen molar-refractivity contribution >= 4 is 0 Å². The summed E-state index contributed by atoms with van der Waals surface area (Å²) in [5, 5.41) is 0. The van der Waals surface area contributed by atoms with Gasteiger partial charge in [0.2, 0.25) is 0 Å². The predicted octanol–water partition coefficient (Wildman–Crippen LogP) is 2.73. The topological polar surface area (TPSA) is 26.0 Å². The Balaban J connectivity index is 2.50. The van der Waals surface area contributed by atoms with Gasteiger partial charge in [-0.1, -0.05) is 13.8 Å². The van der Waals surface area contributed by atoms with Crippen LogP contribution in [0.1, 0.15) is 25.8 Å². The van der Waals surface area contributed by atoms with Gasteiger partial charge in [0.15, 0.2) is 17.5 Å². The Labute approximate surface area is 92.5 Å². The molecule has 1 aliphatic rings. The molecule has 1 saturated carbocycles. The number of nitrogens with two attached hydrogens (primary N) is 1. The maximum absolute atomic E-state index is 13.1. The fraction of sp³-hybridized carbons (Fsp3) is 0.500. The minimum Gasteiger partial charge on any atom is -0.330 e. The highest BCUT2D eigenvalue weighted by Gasteiger charge is 2.61. The van der Waals surface area contributed by atoms with E-state index < -0.39 is 22.9 Å². The molecule has 0 aliphatic heterocycles. The quantitative estimate of drug-likeness (QED) is 0.775. The second-order valence-electron chi connectivity index (χ2n) is 5.10. The van der Waals surface area contributed by atoms with Gasteiger partial charge in [0.25, 0.3) is 0 Å². The smallest absolute Gasteiger partial charge is 0.194 e. The van der Waals surface area contributed by atoms with Gasteiger partial charge in [-0.15, -0.1) is 0 Å². The van der Waals surface area contributed by atoms with Crippen LogP contribution in [-0.2, 0) is 5.41 Å². The molecule has 2 N–H and O–H groups in total. The maximum atomic E-state index is 13.1. The van der Waals surface area contributed by atoms with Gasteiger partial charge in [-0.2, -0.15) is 0 Å². The average Bonchev–Trinajstić information content (AvgIpc) is 2.78. The van der Waals surface area contributed by atoms with Crippen LogP contribution in [0.5, 0.6) is 0 Å². The van der Waals surface area contributed by atoms with E-state index in [1.54, 1.807) is 0 Å². The highest BCUT2D eigenvalue weighted by atomic mass is 19.2. The third-order valence-corrected chi connectivity index (χ3v) is 3.80. The second kappa shape index (κ2) is 3.23. The first-order chi connectivity index (χ1) is 7.34. The molecule has 2 rings (SSSR count). The van der Waals surface area contributed by atoms with E-state index in [0.717, 1.165) is 18.6 Å². The molecule has 0 amide bonds. The first-order valence-electron chi connectivity index (χ1n) is 5.19. The van der Waals surface area contributed by atoms with E-state index in [1.165, 1.54) is 0 Å². The molecule has 0 bridgehead atoms. The van der Waals surface area contributed by atoms with Crippen LogP contribution in [0.25, 0.3) is 0 Å². The van der Waals surface area contributed by atoms with Gasteiger partial charge >= 0.3 is 0 Å². The van der Waals surface area contributed by atoms with Crippen LogP contribution in [0.2, 0.25) is 0 Å². The molecule has 1 nitrogen and oxygen atoms in total. The standard InChI is InChI=1S/C12H14F3N/c1-11(2)5-12(11,6-16)7-3-8(13)10(15)9(14)4-7/h3-4H,5-6,16H2,1-2H3. The van der Waals surface area contributed by atoms with E-state index in [4.69, 9.17) is 5.73 Å². The third kappa shape index (κ3) is 1.36. The van der Waals surface area contributed by atoms with Crippen LogP contribution in [0.3, 0.4) is 0 Å². The lowest BCUT2D eigenvalue weighted by Crippen LogP contribution is -2.25. The minimum atomic E-state index is -1.42. The summed E-state index contributed by atoms with van der Waals surface area (Å²) in [6, 6.07) is 2.11. The van der Waals surface area contributed by atoms with Crippen molar-refractivity contribution in [2.45, 2.75) is 25.7 Å². The molecule has 1 unspecified atom stereocenters. The Kier molecular flexibility index (Phi) is 2.31. The summed E-state index contributed by atoms with van der Waals surface area (Å²) in [5.74, 6) is -3.72. The van der Waals surface area contributed by atoms with E-state index in [2.05, 4.69) is 0 Å². The predicted molar refractivity (Wildman–Crippen MR) is 55.4 cm³/mol. The van der Waals surface area contributed by atoms with Crippen molar-refractivity contribution in [2.24, 2.45) is 11.1 Å². The van der Waals surface area contributed by atoms with Crippen molar-refractivity contribution in [1.29, 1.82) is 0 Å². The summed E-state index contributed by atoms with van der Waals surface area (Å²) in [4.78, 5) is 0. The number of benzene rings is 1. The first kappa shape index (κ1) is 11.5. The van der Waals surface area contributed by atoms with E-state index in [9.17, 15) is 13.2 Å². The van der Waals surface area contributed by atoms with Gasteiger partial charge in [-0.3, -0.25) is 0 Å². The van der Waals surface area contributed by atoms with Crippen molar-refractivity contribution in [2.75, 3.05) is 6.54 Å². The molecule has 1 fully saturated rings. The highest BCUT2D eigenvalue weighted by molar-refractivity contribution is 5.38. The number of halogens is 3. The SMILES string of the molecule is CC1(C)CC1(CN)c1cc(F)c(F)c(F)c1. The lowest BCUT2D eigenvalue weighted by Gasteiger charge is -2.19. The lowest BCUT2D eigenvalue weighted by molar-refractivity contribution is 0.436. The Morgan fingerprint density at radius 1 is 1.19 bits per heavy atom. The number of hydrogen-bond acceptors (Lipinski definition) is 1. The van der Waals surface area contributed by atoms with Gasteiger partial charge < -0.3 is 5.73 Å². The third-order valence-electron chi connectivity index (χ3n) is 3.80. The van der Waals surface area contributed by atoms with Crippen LogP contribution in [0.4, 0.5) is 13.2 Å². The van der Waals surface area contributed by atoms with Crippen molar-refractivity contribution in [1.82, 2.24) is 0 Å². The van der Waals surface area contributed by atoms with Gasteiger partial charge in [-0.25, -0.2) is 13.2 Å². The average molecular weight is 229 g/mol. The summed E-state index contributed by atoms with van der Waals surface area (Å²) < 4.78 is 39.1. The Morgan fingerprint density at radius 3 is 1.94 bits per heavy atom. The highest BCUT2D eigenvalue weighted by Crippen LogP contribution is 2.63. The Hall–Kier alpha value is -1.03. The zero-order valence-electron chi connectivity index (χ0n) is 9.28. The van der Waals surface area contributed by atoms with Crippen molar-refractivity contribution < 1.29 is 13.2 Å². The summed E-state index contributed by atoms with van der Waals surface area (Å²) in [5.41, 5.74) is 5.63. The van der Waals surface area contributed by atoms with E-state index in [1.807, 2.05) is 13.8 Å². The van der Waals surface area contributed by atoms with Crippen LogP contribution in [-0.4, -0.2) is 6.54 Å². The fourth-order valence-electron chi connectivity index (χ4n) is 2.50. The van der Waals surface area contributed by atoms with Crippen LogP contribution in [0.15, 0.2) is 12.1 Å². The van der Waals surface area contributed by atoms with Crippen molar-refractivity contribution in [3.8, 4) is 0 Å². The van der Waals surface area contributed by atoms with Gasteiger partial charge in [0.05, 0.1) is 0 Å². The number of rotatable bonds is 2. The van der Waals surface area contributed by atoms with E-state index in [-0.39, 0.29) is 5.41 Å². The molecule has 0 radical (unpaired) electrons. The van der Waals surface area contributed by atoms with Crippen LogP contribution < -0.4 is 5.73 Å². The summed E-state index contributed by atoms with van der Waals surface area (Å²) in [6.07, 6.45) is 0.765. The molecular formula is C12H14F3N. The van der Waals surface area contributed by atoms with Crippen molar-refractivity contribution in [3.63, 3.8) is 0 Å². The zero-order chi connectivity index (χ0) is 12.1. The molecular weight excluding hydrogens is 215 g/mol. The molecule has 1 aromatic carbocycles.